The van der Waals surface area contributed by atoms with Gasteiger partial charge in [0.05, 0.1) is 31.3 Å². The first-order chi connectivity index (χ1) is 14.8. The van der Waals surface area contributed by atoms with Crippen molar-refractivity contribution in [1.82, 2.24) is 4.57 Å². The summed E-state index contributed by atoms with van der Waals surface area (Å²) in [6.07, 6.45) is 1.26. The van der Waals surface area contributed by atoms with Crippen LogP contribution < -0.4 is 14.8 Å². The number of nitrogens with zero attached hydrogens (tertiary/aromatic N) is 1. The van der Waals surface area contributed by atoms with Gasteiger partial charge in [0, 0.05) is 18.5 Å². The predicted octanol–water partition coefficient (Wildman–Crippen LogP) is 3.51. The van der Waals surface area contributed by atoms with Crippen molar-refractivity contribution in [3.8, 4) is 22.9 Å². The number of aromatic nitrogens is 1. The molecule has 0 fully saturated rings. The maximum Gasteiger partial charge on any atom is 0.339 e. The molecule has 1 atom stereocenters. The zero-order chi connectivity index (χ0) is 22.3. The molecule has 0 aliphatic carbocycles. The predicted molar refractivity (Wildman–Crippen MR) is 109 cm³/mol. The maximum absolute atomic E-state index is 14.6. The van der Waals surface area contributed by atoms with Gasteiger partial charge in [0.15, 0.2) is 11.5 Å². The molecule has 1 aliphatic heterocycles. The van der Waals surface area contributed by atoms with E-state index in [0.29, 0.717) is 11.3 Å². The lowest BCUT2D eigenvalue weighted by atomic mass is 9.87. The number of nitrogens with one attached hydrogen (secondary N) is 1. The van der Waals surface area contributed by atoms with Gasteiger partial charge in [-0.15, -0.1) is 0 Å². The summed E-state index contributed by atoms with van der Waals surface area (Å²) in [6.45, 7) is 0. The fourth-order valence-electron chi connectivity index (χ4n) is 3.87. The van der Waals surface area contributed by atoms with Crippen LogP contribution in [-0.2, 0) is 4.79 Å². The van der Waals surface area contributed by atoms with Crippen molar-refractivity contribution < 1.29 is 33.7 Å². The summed E-state index contributed by atoms with van der Waals surface area (Å²) in [7, 11) is 2.75. The van der Waals surface area contributed by atoms with Crippen molar-refractivity contribution in [2.45, 2.75) is 12.3 Å². The number of carbonyl (C=O) groups is 2. The number of anilines is 1. The van der Waals surface area contributed by atoms with Gasteiger partial charge in [0.1, 0.15) is 11.4 Å². The average molecular weight is 426 g/mol. The van der Waals surface area contributed by atoms with Crippen molar-refractivity contribution >= 4 is 17.6 Å². The number of phenolic OH excluding ortho intramolecular Hbond substituents is 1. The van der Waals surface area contributed by atoms with Gasteiger partial charge in [-0.2, -0.15) is 0 Å². The molecule has 8 nitrogen and oxygen atoms in total. The minimum Gasteiger partial charge on any atom is -0.502 e. The average Bonchev–Trinajstić information content (AvgIpc) is 3.13. The van der Waals surface area contributed by atoms with Crippen molar-refractivity contribution in [2.75, 3.05) is 19.5 Å². The second-order valence-corrected chi connectivity index (χ2v) is 7.01. The number of carbonyl (C=O) groups excluding carboxylic acids is 1. The molecule has 3 aromatic rings. The van der Waals surface area contributed by atoms with Gasteiger partial charge >= 0.3 is 5.97 Å². The Bertz CT molecular complexity index is 1180. The van der Waals surface area contributed by atoms with Crippen LogP contribution in [0.5, 0.6) is 17.2 Å². The molecule has 3 N–H and O–H groups in total. The van der Waals surface area contributed by atoms with Gasteiger partial charge in [-0.05, 0) is 29.8 Å². The summed E-state index contributed by atoms with van der Waals surface area (Å²) >= 11 is 0. The second kappa shape index (κ2) is 7.67. The number of amides is 1. The number of methoxy groups -OCH3 is 2. The van der Waals surface area contributed by atoms with Crippen LogP contribution in [0.15, 0.2) is 42.6 Å². The van der Waals surface area contributed by atoms with Gasteiger partial charge in [-0.25, -0.2) is 9.18 Å². The normalized spacial score (nSPS) is 15.2. The number of benzene rings is 2. The molecule has 160 valence electrons. The molecule has 1 aromatic heterocycles. The number of aromatic carboxylic acids is 1. The van der Waals surface area contributed by atoms with Crippen LogP contribution in [-0.4, -0.2) is 40.9 Å². The number of phenols is 1. The lowest BCUT2D eigenvalue weighted by Crippen LogP contribution is -2.25. The zero-order valence-electron chi connectivity index (χ0n) is 16.7. The molecule has 2 heterocycles. The van der Waals surface area contributed by atoms with E-state index in [1.165, 1.54) is 43.2 Å². The third kappa shape index (κ3) is 3.33. The van der Waals surface area contributed by atoms with Gasteiger partial charge < -0.3 is 29.6 Å². The smallest absolute Gasteiger partial charge is 0.339 e. The van der Waals surface area contributed by atoms with E-state index in [1.807, 2.05) is 0 Å². The Balaban J connectivity index is 2.01. The standard InChI is InChI=1S/C22H19FN2O6/c1-30-16-7-11(8-17(31-2)21(16)27)12-9-18(26)24-19-13(22(28)29)10-25(20(12)19)15-6-4-3-5-14(15)23/h3-8,10,12,27H,9H2,1-2H3,(H,24,26)(H,28,29)/t12-/m1/s1. The van der Waals surface area contributed by atoms with E-state index >= 15 is 0 Å². The first-order valence-electron chi connectivity index (χ1n) is 9.33. The van der Waals surface area contributed by atoms with Gasteiger partial charge in [-0.3, -0.25) is 4.79 Å². The SMILES string of the molecule is COc1cc([C@H]2CC(=O)Nc3c(C(=O)O)cn(-c4ccccc4F)c32)cc(OC)c1O. The quantitative estimate of drug-likeness (QED) is 0.576. The van der Waals surface area contributed by atoms with Gasteiger partial charge in [0.25, 0.3) is 0 Å². The largest absolute Gasteiger partial charge is 0.502 e. The Hall–Kier alpha value is -4.01. The molecule has 0 radical (unpaired) electrons. The van der Waals surface area contributed by atoms with E-state index < -0.39 is 23.6 Å². The number of hydrogen-bond acceptors (Lipinski definition) is 5. The first-order valence-corrected chi connectivity index (χ1v) is 9.33. The third-order valence-corrected chi connectivity index (χ3v) is 5.27. The minimum absolute atomic E-state index is 0.0262. The number of para-hydroxylation sites is 1. The fourth-order valence-corrected chi connectivity index (χ4v) is 3.87. The molecule has 0 saturated carbocycles. The highest BCUT2D eigenvalue weighted by Gasteiger charge is 2.35. The Kier molecular flexibility index (Phi) is 5.02. The van der Waals surface area contributed by atoms with E-state index in [4.69, 9.17) is 9.47 Å². The molecule has 0 spiro atoms. The van der Waals surface area contributed by atoms with Crippen molar-refractivity contribution in [1.29, 1.82) is 0 Å². The number of halogens is 1. The molecule has 0 bridgehead atoms. The van der Waals surface area contributed by atoms with Crippen molar-refractivity contribution in [3.05, 3.63) is 65.2 Å². The molecule has 1 aliphatic rings. The number of carboxylic acid groups (broad SMARTS) is 1. The number of aromatic hydroxyl groups is 1. The van der Waals surface area contributed by atoms with Crippen molar-refractivity contribution in [3.63, 3.8) is 0 Å². The molecular weight excluding hydrogens is 407 g/mol. The van der Waals surface area contributed by atoms with Crippen LogP contribution in [0, 0.1) is 5.82 Å². The Morgan fingerprint density at radius 2 is 1.84 bits per heavy atom. The van der Waals surface area contributed by atoms with Crippen LogP contribution in [0.25, 0.3) is 5.69 Å². The number of ether oxygens (including phenoxy) is 2. The number of fused-ring (bicyclic) bond motifs is 1. The van der Waals surface area contributed by atoms with Crippen molar-refractivity contribution in [2.24, 2.45) is 0 Å². The summed E-state index contributed by atoms with van der Waals surface area (Å²) in [6, 6.07) is 9.04. The molecule has 1 amide bonds. The lowest BCUT2D eigenvalue weighted by Gasteiger charge is -2.27. The molecular formula is C22H19FN2O6. The molecule has 2 aromatic carbocycles. The zero-order valence-corrected chi connectivity index (χ0v) is 16.7. The lowest BCUT2D eigenvalue weighted by molar-refractivity contribution is -0.116. The number of carboxylic acids is 1. The van der Waals surface area contributed by atoms with Crippen LogP contribution in [0.3, 0.4) is 0 Å². The second-order valence-electron chi connectivity index (χ2n) is 7.01. The highest BCUT2D eigenvalue weighted by Crippen LogP contribution is 2.46. The number of hydrogen-bond donors (Lipinski definition) is 3. The summed E-state index contributed by atoms with van der Waals surface area (Å²) in [5.41, 5.74) is 1.02. The molecule has 0 unspecified atom stereocenters. The van der Waals surface area contributed by atoms with Crippen LogP contribution in [0.1, 0.15) is 34.0 Å². The molecule has 4 rings (SSSR count). The maximum atomic E-state index is 14.6. The topological polar surface area (TPSA) is 110 Å². The van der Waals surface area contributed by atoms with E-state index in [1.54, 1.807) is 18.2 Å². The van der Waals surface area contributed by atoms with E-state index in [2.05, 4.69) is 5.32 Å². The molecule has 31 heavy (non-hydrogen) atoms. The first kappa shape index (κ1) is 20.3. The highest BCUT2D eigenvalue weighted by molar-refractivity contribution is 6.04. The fraction of sp³-hybridized carbons (Fsp3) is 0.182. The number of rotatable bonds is 5. The Morgan fingerprint density at radius 1 is 1.19 bits per heavy atom. The minimum atomic E-state index is -1.26. The van der Waals surface area contributed by atoms with Crippen LogP contribution in [0.4, 0.5) is 10.1 Å². The summed E-state index contributed by atoms with van der Waals surface area (Å²) in [5.74, 6) is -2.79. The monoisotopic (exact) mass is 426 g/mol. The van der Waals surface area contributed by atoms with E-state index in [-0.39, 0.29) is 40.6 Å². The molecule has 9 heteroatoms. The Morgan fingerprint density at radius 3 is 2.42 bits per heavy atom. The van der Waals surface area contributed by atoms with Crippen LogP contribution >= 0.6 is 0 Å². The van der Waals surface area contributed by atoms with E-state index in [9.17, 15) is 24.2 Å². The third-order valence-electron chi connectivity index (χ3n) is 5.27. The summed E-state index contributed by atoms with van der Waals surface area (Å²) in [5, 5.41) is 22.5. The van der Waals surface area contributed by atoms with E-state index in [0.717, 1.165) is 0 Å². The van der Waals surface area contributed by atoms with Gasteiger partial charge in [-0.1, -0.05) is 12.1 Å². The Labute approximate surface area is 176 Å². The van der Waals surface area contributed by atoms with Gasteiger partial charge in [0.2, 0.25) is 11.7 Å². The summed E-state index contributed by atoms with van der Waals surface area (Å²) < 4.78 is 26.5. The van der Waals surface area contributed by atoms with Crippen LogP contribution in [0.2, 0.25) is 0 Å². The molecule has 0 saturated heterocycles. The summed E-state index contributed by atoms with van der Waals surface area (Å²) in [4.78, 5) is 24.3. The highest BCUT2D eigenvalue weighted by atomic mass is 19.1.